The third-order valence-electron chi connectivity index (χ3n) is 3.35. The fourth-order valence-corrected chi connectivity index (χ4v) is 2.35. The van der Waals surface area contributed by atoms with E-state index >= 15 is 0 Å². The quantitative estimate of drug-likeness (QED) is 0.564. The van der Waals surface area contributed by atoms with E-state index in [1.807, 2.05) is 7.05 Å². The van der Waals surface area contributed by atoms with E-state index < -0.39 is 0 Å². The van der Waals surface area contributed by atoms with E-state index in [0.29, 0.717) is 6.04 Å². The van der Waals surface area contributed by atoms with Crippen LogP contribution in [0.3, 0.4) is 0 Å². The number of likely N-dealkylation sites (N-methyl/N-ethyl adjacent to an activating group) is 1. The number of rotatable bonds is 5. The number of nitrogens with one attached hydrogen (secondary N) is 2. The van der Waals surface area contributed by atoms with Gasteiger partial charge in [-0.3, -0.25) is 4.99 Å². The Balaban J connectivity index is 2.17. The van der Waals surface area contributed by atoms with Gasteiger partial charge in [-0.25, -0.2) is 0 Å². The van der Waals surface area contributed by atoms with Crippen molar-refractivity contribution in [2.75, 3.05) is 27.2 Å². The first-order chi connectivity index (χ1) is 8.13. The average Bonchev–Trinajstić information content (AvgIpc) is 2.80. The van der Waals surface area contributed by atoms with Crippen molar-refractivity contribution in [3.63, 3.8) is 0 Å². The van der Waals surface area contributed by atoms with E-state index in [2.05, 4.69) is 41.4 Å². The highest BCUT2D eigenvalue weighted by Gasteiger charge is 2.18. The van der Waals surface area contributed by atoms with Gasteiger partial charge < -0.3 is 15.5 Å². The van der Waals surface area contributed by atoms with Crippen molar-refractivity contribution in [3.8, 4) is 0 Å². The molecule has 4 heteroatoms. The van der Waals surface area contributed by atoms with Gasteiger partial charge in [-0.1, -0.05) is 12.8 Å². The van der Waals surface area contributed by atoms with Crippen LogP contribution in [0.15, 0.2) is 4.99 Å². The molecule has 1 aliphatic carbocycles. The van der Waals surface area contributed by atoms with Gasteiger partial charge in [0.1, 0.15) is 0 Å². The molecule has 0 radical (unpaired) electrons. The van der Waals surface area contributed by atoms with Crippen LogP contribution in [0.5, 0.6) is 0 Å². The van der Waals surface area contributed by atoms with Crippen molar-refractivity contribution in [2.24, 2.45) is 4.99 Å². The van der Waals surface area contributed by atoms with Crippen LogP contribution in [0.25, 0.3) is 0 Å². The first kappa shape index (κ1) is 14.3. The highest BCUT2D eigenvalue weighted by Crippen LogP contribution is 2.21. The number of hydrogen-bond donors (Lipinski definition) is 2. The third kappa shape index (κ3) is 5.39. The summed E-state index contributed by atoms with van der Waals surface area (Å²) in [5, 5.41) is 6.65. The first-order valence-electron chi connectivity index (χ1n) is 6.81. The fraction of sp³-hybridized carbons (Fsp3) is 0.923. The number of hydrogen-bond acceptors (Lipinski definition) is 2. The third-order valence-corrected chi connectivity index (χ3v) is 3.35. The van der Waals surface area contributed by atoms with Crippen LogP contribution in [0.1, 0.15) is 39.5 Å². The van der Waals surface area contributed by atoms with Gasteiger partial charge in [0.05, 0.1) is 0 Å². The summed E-state index contributed by atoms with van der Waals surface area (Å²) in [4.78, 5) is 6.67. The predicted octanol–water partition coefficient (Wildman–Crippen LogP) is 1.43. The highest BCUT2D eigenvalue weighted by atomic mass is 15.2. The molecular weight excluding hydrogens is 212 g/mol. The second kappa shape index (κ2) is 7.54. The SMILES string of the molecule is CN=C(NCCN(C)C1CCCC1)NC(C)C. The molecule has 0 bridgehead atoms. The minimum atomic E-state index is 0.425. The van der Waals surface area contributed by atoms with E-state index in [1.54, 1.807) is 0 Å². The molecule has 0 aromatic heterocycles. The van der Waals surface area contributed by atoms with Crippen LogP contribution < -0.4 is 10.6 Å². The molecule has 0 amide bonds. The normalized spacial score (nSPS) is 18.1. The van der Waals surface area contributed by atoms with Gasteiger partial charge in [0, 0.05) is 32.2 Å². The molecule has 0 aromatic rings. The zero-order valence-corrected chi connectivity index (χ0v) is 11.8. The van der Waals surface area contributed by atoms with Crippen molar-refractivity contribution < 1.29 is 0 Å². The van der Waals surface area contributed by atoms with Gasteiger partial charge in [0.2, 0.25) is 0 Å². The summed E-state index contributed by atoms with van der Waals surface area (Å²) in [6.07, 6.45) is 5.54. The highest BCUT2D eigenvalue weighted by molar-refractivity contribution is 5.79. The summed E-state index contributed by atoms with van der Waals surface area (Å²) in [7, 11) is 4.05. The zero-order chi connectivity index (χ0) is 12.7. The van der Waals surface area contributed by atoms with Gasteiger partial charge in [0.25, 0.3) is 0 Å². The maximum atomic E-state index is 4.20. The number of aliphatic imine (C=N–C) groups is 1. The summed E-state index contributed by atoms with van der Waals surface area (Å²) >= 11 is 0. The van der Waals surface area contributed by atoms with Gasteiger partial charge >= 0.3 is 0 Å². The van der Waals surface area contributed by atoms with E-state index in [4.69, 9.17) is 0 Å². The van der Waals surface area contributed by atoms with Crippen molar-refractivity contribution in [1.82, 2.24) is 15.5 Å². The molecule has 0 aromatic carbocycles. The lowest BCUT2D eigenvalue weighted by Crippen LogP contribution is -2.44. The maximum Gasteiger partial charge on any atom is 0.191 e. The molecule has 0 spiro atoms. The molecule has 0 heterocycles. The van der Waals surface area contributed by atoms with Gasteiger partial charge in [0.15, 0.2) is 5.96 Å². The first-order valence-corrected chi connectivity index (χ1v) is 6.81. The summed E-state index contributed by atoms with van der Waals surface area (Å²) in [5.74, 6) is 0.903. The number of nitrogens with zero attached hydrogens (tertiary/aromatic N) is 2. The smallest absolute Gasteiger partial charge is 0.191 e. The standard InChI is InChI=1S/C13H28N4/c1-11(2)16-13(14-3)15-9-10-17(4)12-7-5-6-8-12/h11-12H,5-10H2,1-4H3,(H2,14,15,16). The van der Waals surface area contributed by atoms with Crippen LogP contribution in [0.4, 0.5) is 0 Å². The lowest BCUT2D eigenvalue weighted by molar-refractivity contribution is 0.249. The van der Waals surface area contributed by atoms with Crippen molar-refractivity contribution >= 4 is 5.96 Å². The van der Waals surface area contributed by atoms with Crippen LogP contribution >= 0.6 is 0 Å². The van der Waals surface area contributed by atoms with E-state index in [1.165, 1.54) is 25.7 Å². The minimum absolute atomic E-state index is 0.425. The molecule has 17 heavy (non-hydrogen) atoms. The molecule has 0 unspecified atom stereocenters. The molecule has 100 valence electrons. The molecule has 4 nitrogen and oxygen atoms in total. The Hall–Kier alpha value is -0.770. The Morgan fingerprint density at radius 3 is 2.53 bits per heavy atom. The average molecular weight is 240 g/mol. The zero-order valence-electron chi connectivity index (χ0n) is 11.8. The van der Waals surface area contributed by atoms with Crippen molar-refractivity contribution in [2.45, 2.75) is 51.6 Å². The summed E-state index contributed by atoms with van der Waals surface area (Å²) in [5.41, 5.74) is 0. The molecule has 0 saturated heterocycles. The van der Waals surface area contributed by atoms with Crippen molar-refractivity contribution in [3.05, 3.63) is 0 Å². The van der Waals surface area contributed by atoms with E-state index in [-0.39, 0.29) is 0 Å². The Labute approximate surface area is 106 Å². The lowest BCUT2D eigenvalue weighted by Gasteiger charge is -2.24. The predicted molar refractivity (Wildman–Crippen MR) is 74.5 cm³/mol. The topological polar surface area (TPSA) is 39.7 Å². The molecule has 1 aliphatic rings. The van der Waals surface area contributed by atoms with Crippen LogP contribution in [0.2, 0.25) is 0 Å². The summed E-state index contributed by atoms with van der Waals surface area (Å²) in [6, 6.07) is 1.23. The number of guanidine groups is 1. The molecule has 1 rings (SSSR count). The fourth-order valence-electron chi connectivity index (χ4n) is 2.35. The Kier molecular flexibility index (Phi) is 6.34. The molecule has 1 fully saturated rings. The monoisotopic (exact) mass is 240 g/mol. The lowest BCUT2D eigenvalue weighted by atomic mass is 10.2. The maximum absolute atomic E-state index is 4.20. The van der Waals surface area contributed by atoms with E-state index in [0.717, 1.165) is 25.1 Å². The molecule has 0 aliphatic heterocycles. The Morgan fingerprint density at radius 1 is 1.35 bits per heavy atom. The minimum Gasteiger partial charge on any atom is -0.355 e. The summed E-state index contributed by atoms with van der Waals surface area (Å²) < 4.78 is 0. The molecular formula is C13H28N4. The summed E-state index contributed by atoms with van der Waals surface area (Å²) in [6.45, 7) is 6.29. The van der Waals surface area contributed by atoms with Crippen molar-refractivity contribution in [1.29, 1.82) is 0 Å². The Bertz CT molecular complexity index is 232. The molecule has 0 atom stereocenters. The molecule has 2 N–H and O–H groups in total. The van der Waals surface area contributed by atoms with Gasteiger partial charge in [-0.05, 0) is 33.7 Å². The van der Waals surface area contributed by atoms with Crippen LogP contribution in [-0.2, 0) is 0 Å². The van der Waals surface area contributed by atoms with Gasteiger partial charge in [-0.2, -0.15) is 0 Å². The van der Waals surface area contributed by atoms with Crippen LogP contribution in [0, 0.1) is 0 Å². The second-order valence-corrected chi connectivity index (χ2v) is 5.22. The largest absolute Gasteiger partial charge is 0.355 e. The van der Waals surface area contributed by atoms with Gasteiger partial charge in [-0.15, -0.1) is 0 Å². The Morgan fingerprint density at radius 2 is 2.00 bits per heavy atom. The van der Waals surface area contributed by atoms with E-state index in [9.17, 15) is 0 Å². The molecule has 1 saturated carbocycles. The van der Waals surface area contributed by atoms with Crippen LogP contribution in [-0.4, -0.2) is 50.1 Å². The second-order valence-electron chi connectivity index (χ2n) is 5.22.